The third kappa shape index (κ3) is 4.36. The standard InChI is InChI=1S/C12H19N2.C9H4F6O.Bi/c1-13(2)9-11-6-5-7-12(8-11)10-14(3)4;10-8(11,12)7(16,9(13,14)15)6-4-2-1-3-5-6;/h5-7H,9-10H2,1-4H3;1-4H;/q;-1;+1. The maximum absolute atomic E-state index is 14.1. The van der Waals surface area contributed by atoms with Gasteiger partial charge in [-0.25, -0.2) is 0 Å². The Morgan fingerprint density at radius 2 is 1.26 bits per heavy atom. The molecule has 0 atom stereocenters. The van der Waals surface area contributed by atoms with Crippen molar-refractivity contribution in [2.75, 3.05) is 28.2 Å². The molecule has 170 valence electrons. The average Bonchev–Trinajstić information content (AvgIpc) is 2.97. The molecule has 1 aliphatic rings. The van der Waals surface area contributed by atoms with Crippen molar-refractivity contribution in [3.05, 3.63) is 59.2 Å². The van der Waals surface area contributed by atoms with Crippen molar-refractivity contribution in [2.24, 2.45) is 0 Å². The fourth-order valence-corrected chi connectivity index (χ4v) is 13.5. The Bertz CT molecular complexity index is 900. The van der Waals surface area contributed by atoms with Gasteiger partial charge < -0.3 is 0 Å². The Morgan fingerprint density at radius 1 is 0.774 bits per heavy atom. The molecule has 0 saturated carbocycles. The molecule has 0 fully saturated rings. The summed E-state index contributed by atoms with van der Waals surface area (Å²) in [6.07, 6.45) is -11.3. The number of alkyl halides is 6. The van der Waals surface area contributed by atoms with Crippen molar-refractivity contribution in [3.8, 4) is 0 Å². The summed E-state index contributed by atoms with van der Waals surface area (Å²) < 4.78 is 90.4. The second-order valence-corrected chi connectivity index (χ2v) is 14.6. The Hall–Kier alpha value is -1.22. The van der Waals surface area contributed by atoms with E-state index in [-0.39, 0.29) is 3.27 Å². The molecule has 0 spiro atoms. The zero-order valence-corrected chi connectivity index (χ0v) is 21.0. The van der Waals surface area contributed by atoms with Crippen LogP contribution in [0.1, 0.15) is 16.7 Å². The molecule has 0 aromatic heterocycles. The van der Waals surface area contributed by atoms with E-state index in [2.05, 4.69) is 0 Å². The summed E-state index contributed by atoms with van der Waals surface area (Å²) in [6.45, 7) is 0.776. The van der Waals surface area contributed by atoms with Crippen molar-refractivity contribution < 1.29 is 29.2 Å². The second-order valence-electron chi connectivity index (χ2n) is 7.98. The fourth-order valence-electron chi connectivity index (χ4n) is 3.76. The van der Waals surface area contributed by atoms with Crippen LogP contribution in [0.4, 0.5) is 26.3 Å². The molecule has 2 aromatic carbocycles. The van der Waals surface area contributed by atoms with Crippen molar-refractivity contribution >= 4 is 28.7 Å². The molecule has 3 rings (SSSR count). The van der Waals surface area contributed by atoms with Gasteiger partial charge in [0.1, 0.15) is 0 Å². The number of halogens is 6. The third-order valence-corrected chi connectivity index (χ3v) is 13.7. The first-order valence-corrected chi connectivity index (χ1v) is 14.3. The van der Waals surface area contributed by atoms with Gasteiger partial charge in [-0.05, 0) is 0 Å². The van der Waals surface area contributed by atoms with Gasteiger partial charge in [0, 0.05) is 0 Å². The predicted octanol–water partition coefficient (Wildman–Crippen LogP) is 3.27. The second kappa shape index (κ2) is 8.62. The van der Waals surface area contributed by atoms with Gasteiger partial charge >= 0.3 is 186 Å². The van der Waals surface area contributed by atoms with E-state index in [0.29, 0.717) is 27.5 Å². The summed E-state index contributed by atoms with van der Waals surface area (Å²) in [7, 11) is 7.21. The fraction of sp³-hybridized carbons (Fsp3) is 0.429. The third-order valence-electron chi connectivity index (χ3n) is 4.91. The van der Waals surface area contributed by atoms with Crippen LogP contribution >= 0.6 is 0 Å². The van der Waals surface area contributed by atoms with Gasteiger partial charge in [0.2, 0.25) is 0 Å². The van der Waals surface area contributed by atoms with Gasteiger partial charge in [-0.1, -0.05) is 0 Å². The monoisotopic (exact) mass is 642 g/mol. The number of hydrogen-bond acceptors (Lipinski definition) is 3. The topological polar surface area (TPSA) is 15.7 Å². The van der Waals surface area contributed by atoms with Gasteiger partial charge in [-0.3, -0.25) is 0 Å². The van der Waals surface area contributed by atoms with Crippen LogP contribution in [-0.4, -0.2) is 72.5 Å². The molecule has 0 N–H and O–H groups in total. The van der Waals surface area contributed by atoms with E-state index >= 15 is 0 Å². The van der Waals surface area contributed by atoms with Crippen LogP contribution in [0.25, 0.3) is 0 Å². The molecule has 0 saturated heterocycles. The SMILES string of the molecule is CN(C)Cc1cccc(CN(C)C)[c]1[Bi]1[O]C(C(F)(F)F)(C(F)(F)F)c2cccc[c]21. The van der Waals surface area contributed by atoms with E-state index < -0.39 is 45.7 Å². The van der Waals surface area contributed by atoms with Crippen LogP contribution in [0, 0.1) is 0 Å². The van der Waals surface area contributed by atoms with E-state index in [9.17, 15) is 26.3 Å². The quantitative estimate of drug-likeness (QED) is 0.368. The molecule has 0 amide bonds. The summed E-state index contributed by atoms with van der Waals surface area (Å²) in [5.41, 5.74) is -3.70. The Labute approximate surface area is 185 Å². The van der Waals surface area contributed by atoms with Crippen molar-refractivity contribution in [1.29, 1.82) is 0 Å². The molecule has 0 aliphatic carbocycles. The van der Waals surface area contributed by atoms with Crippen molar-refractivity contribution in [2.45, 2.75) is 31.0 Å². The van der Waals surface area contributed by atoms with E-state index in [1.54, 1.807) is 46.4 Å². The molecule has 10 heteroatoms. The molecule has 2 aromatic rings. The first-order valence-electron chi connectivity index (χ1n) is 9.42. The van der Waals surface area contributed by atoms with Crippen LogP contribution in [0.2, 0.25) is 0 Å². The molecule has 1 heterocycles. The van der Waals surface area contributed by atoms with E-state index in [0.717, 1.165) is 6.07 Å². The molecular weight excluding hydrogens is 619 g/mol. The molecule has 0 unspecified atom stereocenters. The first kappa shape index (κ1) is 24.4. The number of fused-ring (bicyclic) bond motifs is 1. The van der Waals surface area contributed by atoms with Crippen LogP contribution in [-0.2, 0) is 21.5 Å². The Morgan fingerprint density at radius 3 is 1.71 bits per heavy atom. The van der Waals surface area contributed by atoms with E-state index in [4.69, 9.17) is 2.81 Å². The zero-order valence-electron chi connectivity index (χ0n) is 17.5. The Kier molecular flexibility index (Phi) is 6.79. The molecule has 3 nitrogen and oxygen atoms in total. The first-order chi connectivity index (χ1) is 14.3. The van der Waals surface area contributed by atoms with Gasteiger partial charge in [0.15, 0.2) is 0 Å². The summed E-state index contributed by atoms with van der Waals surface area (Å²) in [5.74, 6) is 0. The summed E-state index contributed by atoms with van der Waals surface area (Å²) in [5, 5.41) is 0. The maximum atomic E-state index is 14.1. The van der Waals surface area contributed by atoms with Crippen LogP contribution in [0.5, 0.6) is 0 Å². The van der Waals surface area contributed by atoms with Gasteiger partial charge in [-0.15, -0.1) is 0 Å². The molecular formula is C21H23BiF6N2O. The normalized spacial score (nSPS) is 16.9. The molecule has 31 heavy (non-hydrogen) atoms. The van der Waals surface area contributed by atoms with Crippen LogP contribution < -0.4 is 6.54 Å². The minimum atomic E-state index is -5.64. The molecule has 1 aliphatic heterocycles. The van der Waals surface area contributed by atoms with E-state index in [1.165, 1.54) is 18.2 Å². The number of rotatable bonds is 5. The van der Waals surface area contributed by atoms with Gasteiger partial charge in [0.05, 0.1) is 0 Å². The van der Waals surface area contributed by atoms with Crippen molar-refractivity contribution in [3.63, 3.8) is 0 Å². The average molecular weight is 642 g/mol. The van der Waals surface area contributed by atoms with E-state index in [1.807, 2.05) is 9.80 Å². The number of hydrogen-bond donors (Lipinski definition) is 0. The van der Waals surface area contributed by atoms with Gasteiger partial charge in [0.25, 0.3) is 0 Å². The van der Waals surface area contributed by atoms with Crippen LogP contribution in [0.15, 0.2) is 42.5 Å². The number of benzene rings is 2. The van der Waals surface area contributed by atoms with Crippen molar-refractivity contribution in [1.82, 2.24) is 9.80 Å². The molecule has 0 radical (unpaired) electrons. The summed E-state index contributed by atoms with van der Waals surface area (Å²) in [4.78, 5) is 3.68. The van der Waals surface area contributed by atoms with Gasteiger partial charge in [-0.2, -0.15) is 0 Å². The predicted molar refractivity (Wildman–Crippen MR) is 108 cm³/mol. The minimum absolute atomic E-state index is 0.0818. The Balaban J connectivity index is 2.30. The summed E-state index contributed by atoms with van der Waals surface area (Å²) >= 11 is -4.21. The molecule has 0 bridgehead atoms. The summed E-state index contributed by atoms with van der Waals surface area (Å²) in [6, 6.07) is 10.3. The number of nitrogens with zero attached hydrogens (tertiary/aromatic N) is 2. The zero-order chi connectivity index (χ0) is 23.2. The van der Waals surface area contributed by atoms with Crippen LogP contribution in [0.3, 0.4) is 0 Å².